The molecule has 1 fully saturated rings. The molecule has 0 aliphatic carbocycles. The Bertz CT molecular complexity index is 836. The van der Waals surface area contributed by atoms with Crippen molar-refractivity contribution in [1.29, 1.82) is 0 Å². The van der Waals surface area contributed by atoms with Gasteiger partial charge in [-0.2, -0.15) is 0 Å². The zero-order chi connectivity index (χ0) is 19.6. The second-order valence-corrected chi connectivity index (χ2v) is 7.15. The third-order valence-corrected chi connectivity index (χ3v) is 4.74. The van der Waals surface area contributed by atoms with Crippen LogP contribution in [0.1, 0.15) is 35.7 Å². The average molecular weight is 372 g/mol. The molecule has 1 aliphatic heterocycles. The fourth-order valence-corrected chi connectivity index (χ4v) is 3.48. The molecule has 0 radical (unpaired) electrons. The number of likely N-dealkylation sites (tertiary alicyclic amines) is 1. The Kier molecular flexibility index (Phi) is 5.54. The zero-order valence-electron chi connectivity index (χ0n) is 15.3. The summed E-state index contributed by atoms with van der Waals surface area (Å²) in [5.41, 5.74) is 1.05. The molecule has 1 aliphatic rings. The van der Waals surface area contributed by atoms with Gasteiger partial charge in [-0.3, -0.25) is 9.59 Å². The van der Waals surface area contributed by atoms with E-state index in [1.165, 1.54) is 36.4 Å². The van der Waals surface area contributed by atoms with Gasteiger partial charge in [0.15, 0.2) is 0 Å². The van der Waals surface area contributed by atoms with Crippen molar-refractivity contribution < 1.29 is 18.4 Å². The van der Waals surface area contributed by atoms with Crippen molar-refractivity contribution in [2.45, 2.75) is 25.8 Å². The van der Waals surface area contributed by atoms with E-state index in [1.807, 2.05) is 13.8 Å². The third-order valence-electron chi connectivity index (χ3n) is 4.74. The number of rotatable bonds is 4. The van der Waals surface area contributed by atoms with Gasteiger partial charge in [0.05, 0.1) is 5.92 Å². The number of nitrogens with zero attached hydrogens (tertiary/aromatic N) is 1. The van der Waals surface area contributed by atoms with Crippen molar-refractivity contribution in [2.24, 2.45) is 5.92 Å². The quantitative estimate of drug-likeness (QED) is 0.895. The Morgan fingerprint density at radius 1 is 1.04 bits per heavy atom. The van der Waals surface area contributed by atoms with Gasteiger partial charge in [0.25, 0.3) is 5.91 Å². The van der Waals surface area contributed by atoms with Crippen LogP contribution in [-0.4, -0.2) is 35.8 Å². The lowest BCUT2D eigenvalue weighted by Crippen LogP contribution is -2.39. The molecule has 2 unspecified atom stereocenters. The maximum atomic E-state index is 13.7. The zero-order valence-corrected chi connectivity index (χ0v) is 15.3. The molecule has 2 aromatic carbocycles. The summed E-state index contributed by atoms with van der Waals surface area (Å²) in [6.07, 6.45) is 0. The van der Waals surface area contributed by atoms with E-state index < -0.39 is 11.7 Å². The number of carbonyl (C=O) groups is 2. The molecule has 0 bridgehead atoms. The van der Waals surface area contributed by atoms with Gasteiger partial charge in [0.1, 0.15) is 11.6 Å². The van der Waals surface area contributed by atoms with Gasteiger partial charge < -0.3 is 10.2 Å². The van der Waals surface area contributed by atoms with Crippen LogP contribution in [0.2, 0.25) is 0 Å². The molecule has 0 saturated carbocycles. The van der Waals surface area contributed by atoms with Gasteiger partial charge in [-0.25, -0.2) is 8.78 Å². The molecule has 1 N–H and O–H groups in total. The van der Waals surface area contributed by atoms with Crippen LogP contribution in [0.3, 0.4) is 0 Å². The normalized spacial score (nSPS) is 19.4. The lowest BCUT2D eigenvalue weighted by Gasteiger charge is -2.19. The molecule has 2 atom stereocenters. The van der Waals surface area contributed by atoms with Gasteiger partial charge in [-0.1, -0.05) is 12.1 Å². The largest absolute Gasteiger partial charge is 0.354 e. The summed E-state index contributed by atoms with van der Waals surface area (Å²) >= 11 is 0. The number of halogens is 2. The summed E-state index contributed by atoms with van der Waals surface area (Å²) in [7, 11) is 0. The van der Waals surface area contributed by atoms with Crippen molar-refractivity contribution in [1.82, 2.24) is 10.2 Å². The maximum Gasteiger partial charge on any atom is 0.253 e. The number of hydrogen-bond acceptors (Lipinski definition) is 2. The van der Waals surface area contributed by atoms with Crippen molar-refractivity contribution in [3.63, 3.8) is 0 Å². The first kappa shape index (κ1) is 19.0. The Morgan fingerprint density at radius 3 is 2.37 bits per heavy atom. The summed E-state index contributed by atoms with van der Waals surface area (Å²) < 4.78 is 26.8. The monoisotopic (exact) mass is 372 g/mol. The number of nitrogens with one attached hydrogen (secondary N) is 1. The second kappa shape index (κ2) is 7.86. The highest BCUT2D eigenvalue weighted by molar-refractivity contribution is 5.95. The van der Waals surface area contributed by atoms with Crippen LogP contribution in [0.25, 0.3) is 0 Å². The van der Waals surface area contributed by atoms with Crippen LogP contribution in [0.4, 0.5) is 8.78 Å². The summed E-state index contributed by atoms with van der Waals surface area (Å²) in [6, 6.07) is 11.4. The Hall–Kier alpha value is -2.76. The van der Waals surface area contributed by atoms with E-state index in [2.05, 4.69) is 5.32 Å². The molecule has 1 heterocycles. The van der Waals surface area contributed by atoms with Crippen molar-refractivity contribution in [3.05, 3.63) is 71.3 Å². The van der Waals surface area contributed by atoms with Gasteiger partial charge in [0.2, 0.25) is 5.91 Å². The minimum atomic E-state index is -0.474. The van der Waals surface area contributed by atoms with Crippen LogP contribution < -0.4 is 5.32 Å². The highest BCUT2D eigenvalue weighted by Crippen LogP contribution is 2.34. The minimum Gasteiger partial charge on any atom is -0.354 e. The van der Waals surface area contributed by atoms with Gasteiger partial charge in [-0.05, 0) is 55.8 Å². The molecular weight excluding hydrogens is 350 g/mol. The predicted octanol–water partition coefficient (Wildman–Crippen LogP) is 3.35. The predicted molar refractivity (Wildman–Crippen MR) is 98.2 cm³/mol. The van der Waals surface area contributed by atoms with E-state index in [0.717, 1.165) is 0 Å². The summed E-state index contributed by atoms with van der Waals surface area (Å²) in [4.78, 5) is 27.0. The standard InChI is InChI=1S/C21H22F2N2O2/c1-13(2)24-20(26)19-12-25(21(27)14-6-8-16(22)9-7-14)11-18(19)15-4-3-5-17(23)10-15/h3-10,13,18-19H,11-12H2,1-2H3,(H,24,26). The van der Waals surface area contributed by atoms with E-state index in [-0.39, 0.29) is 36.1 Å². The maximum absolute atomic E-state index is 13.7. The third kappa shape index (κ3) is 4.32. The Balaban J connectivity index is 1.87. The molecule has 4 nitrogen and oxygen atoms in total. The SMILES string of the molecule is CC(C)NC(=O)C1CN(C(=O)c2ccc(F)cc2)CC1c1cccc(F)c1. The highest BCUT2D eigenvalue weighted by Gasteiger charge is 2.40. The lowest BCUT2D eigenvalue weighted by molar-refractivity contribution is -0.125. The van der Waals surface area contributed by atoms with Crippen molar-refractivity contribution >= 4 is 11.8 Å². The fraction of sp³-hybridized carbons (Fsp3) is 0.333. The van der Waals surface area contributed by atoms with Gasteiger partial charge >= 0.3 is 0 Å². The summed E-state index contributed by atoms with van der Waals surface area (Å²) in [5.74, 6) is -1.99. The second-order valence-electron chi connectivity index (χ2n) is 7.15. The molecule has 2 amide bonds. The first-order valence-electron chi connectivity index (χ1n) is 8.96. The number of hydrogen-bond donors (Lipinski definition) is 1. The van der Waals surface area contributed by atoms with Gasteiger partial charge in [0, 0.05) is 30.6 Å². The highest BCUT2D eigenvalue weighted by atomic mass is 19.1. The van der Waals surface area contributed by atoms with E-state index in [9.17, 15) is 18.4 Å². The molecule has 142 valence electrons. The molecule has 2 aromatic rings. The molecule has 0 aromatic heterocycles. The average Bonchev–Trinajstić information content (AvgIpc) is 3.07. The van der Waals surface area contributed by atoms with E-state index >= 15 is 0 Å². The Labute approximate surface area is 157 Å². The number of carbonyl (C=O) groups excluding carboxylic acids is 2. The van der Waals surface area contributed by atoms with Crippen LogP contribution in [0.15, 0.2) is 48.5 Å². The minimum absolute atomic E-state index is 0.0347. The molecule has 0 spiro atoms. The molecule has 6 heteroatoms. The van der Waals surface area contributed by atoms with Crippen LogP contribution in [-0.2, 0) is 4.79 Å². The van der Waals surface area contributed by atoms with Crippen LogP contribution in [0.5, 0.6) is 0 Å². The first-order chi connectivity index (χ1) is 12.8. The summed E-state index contributed by atoms with van der Waals surface area (Å²) in [5, 5.41) is 2.89. The Morgan fingerprint density at radius 2 is 1.74 bits per heavy atom. The van der Waals surface area contributed by atoms with E-state index in [4.69, 9.17) is 0 Å². The summed E-state index contributed by atoms with van der Waals surface area (Å²) in [6.45, 7) is 4.27. The van der Waals surface area contributed by atoms with Crippen LogP contribution in [0, 0.1) is 17.6 Å². The smallest absolute Gasteiger partial charge is 0.253 e. The molecular formula is C21H22F2N2O2. The van der Waals surface area contributed by atoms with E-state index in [0.29, 0.717) is 17.7 Å². The topological polar surface area (TPSA) is 49.4 Å². The fourth-order valence-electron chi connectivity index (χ4n) is 3.48. The van der Waals surface area contributed by atoms with Crippen LogP contribution >= 0.6 is 0 Å². The molecule has 1 saturated heterocycles. The molecule has 3 rings (SSSR count). The lowest BCUT2D eigenvalue weighted by atomic mass is 9.88. The van der Waals surface area contributed by atoms with E-state index in [1.54, 1.807) is 17.0 Å². The van der Waals surface area contributed by atoms with Crippen molar-refractivity contribution in [2.75, 3.05) is 13.1 Å². The molecule has 27 heavy (non-hydrogen) atoms. The van der Waals surface area contributed by atoms with Crippen molar-refractivity contribution in [3.8, 4) is 0 Å². The first-order valence-corrected chi connectivity index (χ1v) is 8.96. The number of amides is 2. The number of benzene rings is 2. The van der Waals surface area contributed by atoms with Gasteiger partial charge in [-0.15, -0.1) is 0 Å².